The standard InChI is InChI=1S/C21H29FN4O2/c1-15(25-8-10-28-11-9-25)13-24-21(27)26-6-4-16(5-7-26)19-14-23-20-12-17(22)2-3-18(19)20/h2-3,12,14-16,23H,4-11,13H2,1H3,(H,24,27). The summed E-state index contributed by atoms with van der Waals surface area (Å²) in [4.78, 5) is 20.0. The first kappa shape index (κ1) is 19.2. The van der Waals surface area contributed by atoms with Gasteiger partial charge in [-0.1, -0.05) is 0 Å². The maximum absolute atomic E-state index is 13.4. The van der Waals surface area contributed by atoms with Gasteiger partial charge in [0.2, 0.25) is 0 Å². The fraction of sp³-hybridized carbons (Fsp3) is 0.571. The number of carbonyl (C=O) groups is 1. The number of nitrogens with zero attached hydrogens (tertiary/aromatic N) is 2. The molecule has 2 aliphatic rings. The van der Waals surface area contributed by atoms with Crippen LogP contribution in [0.3, 0.4) is 0 Å². The van der Waals surface area contributed by atoms with Crippen LogP contribution in [-0.2, 0) is 4.74 Å². The molecule has 2 amide bonds. The number of ether oxygens (including phenoxy) is 1. The number of likely N-dealkylation sites (tertiary alicyclic amines) is 1. The molecule has 0 radical (unpaired) electrons. The van der Waals surface area contributed by atoms with Gasteiger partial charge in [-0.05, 0) is 49.4 Å². The first-order valence-electron chi connectivity index (χ1n) is 10.2. The lowest BCUT2D eigenvalue weighted by Crippen LogP contribution is -2.50. The lowest BCUT2D eigenvalue weighted by molar-refractivity contribution is 0.0206. The molecule has 1 unspecified atom stereocenters. The Morgan fingerprint density at radius 3 is 2.79 bits per heavy atom. The van der Waals surface area contributed by atoms with Crippen LogP contribution in [0.2, 0.25) is 0 Å². The zero-order chi connectivity index (χ0) is 19.5. The van der Waals surface area contributed by atoms with Crippen molar-refractivity contribution in [3.63, 3.8) is 0 Å². The first-order valence-corrected chi connectivity index (χ1v) is 10.2. The molecule has 0 bridgehead atoms. The van der Waals surface area contributed by atoms with Crippen LogP contribution < -0.4 is 5.32 Å². The number of fused-ring (bicyclic) bond motifs is 1. The lowest BCUT2D eigenvalue weighted by Gasteiger charge is -2.34. The van der Waals surface area contributed by atoms with Crippen molar-refractivity contribution < 1.29 is 13.9 Å². The van der Waals surface area contributed by atoms with E-state index in [9.17, 15) is 9.18 Å². The molecule has 28 heavy (non-hydrogen) atoms. The number of rotatable bonds is 4. The summed E-state index contributed by atoms with van der Waals surface area (Å²) in [7, 11) is 0. The van der Waals surface area contributed by atoms with E-state index in [-0.39, 0.29) is 11.8 Å². The van der Waals surface area contributed by atoms with Crippen LogP contribution in [0.4, 0.5) is 9.18 Å². The maximum Gasteiger partial charge on any atom is 0.317 e. The van der Waals surface area contributed by atoms with Gasteiger partial charge in [-0.25, -0.2) is 9.18 Å². The van der Waals surface area contributed by atoms with Crippen molar-refractivity contribution in [2.45, 2.75) is 31.7 Å². The maximum atomic E-state index is 13.4. The van der Waals surface area contributed by atoms with E-state index in [0.717, 1.165) is 63.1 Å². The molecule has 2 saturated heterocycles. The Morgan fingerprint density at radius 2 is 2.04 bits per heavy atom. The van der Waals surface area contributed by atoms with Crippen molar-refractivity contribution >= 4 is 16.9 Å². The number of benzene rings is 1. The highest BCUT2D eigenvalue weighted by Crippen LogP contribution is 2.33. The monoisotopic (exact) mass is 388 g/mol. The minimum atomic E-state index is -0.223. The van der Waals surface area contributed by atoms with Crippen molar-refractivity contribution in [3.8, 4) is 0 Å². The largest absolute Gasteiger partial charge is 0.379 e. The van der Waals surface area contributed by atoms with E-state index in [1.807, 2.05) is 17.2 Å². The third-order valence-electron chi connectivity index (χ3n) is 6.12. The molecule has 2 fully saturated rings. The molecule has 2 aromatic rings. The number of hydrogen-bond acceptors (Lipinski definition) is 3. The van der Waals surface area contributed by atoms with Gasteiger partial charge in [-0.3, -0.25) is 4.90 Å². The first-order chi connectivity index (χ1) is 13.6. The highest BCUT2D eigenvalue weighted by molar-refractivity contribution is 5.83. The number of nitrogens with one attached hydrogen (secondary N) is 2. The second-order valence-electron chi connectivity index (χ2n) is 7.88. The molecule has 1 aromatic carbocycles. The summed E-state index contributed by atoms with van der Waals surface area (Å²) in [6, 6.07) is 5.24. The molecule has 3 heterocycles. The number of halogens is 1. The zero-order valence-electron chi connectivity index (χ0n) is 16.4. The van der Waals surface area contributed by atoms with E-state index >= 15 is 0 Å². The zero-order valence-corrected chi connectivity index (χ0v) is 16.4. The SMILES string of the molecule is CC(CNC(=O)N1CCC(c2c[nH]c3cc(F)ccc23)CC1)N1CCOCC1. The van der Waals surface area contributed by atoms with Gasteiger partial charge >= 0.3 is 6.03 Å². The van der Waals surface area contributed by atoms with E-state index in [1.54, 1.807) is 0 Å². The molecular formula is C21H29FN4O2. The molecule has 1 aromatic heterocycles. The normalized spacial score (nSPS) is 20.4. The van der Waals surface area contributed by atoms with E-state index in [4.69, 9.17) is 4.74 Å². The van der Waals surface area contributed by atoms with Crippen molar-refractivity contribution in [2.75, 3.05) is 45.9 Å². The van der Waals surface area contributed by atoms with Gasteiger partial charge < -0.3 is 19.9 Å². The summed E-state index contributed by atoms with van der Waals surface area (Å²) in [5.41, 5.74) is 2.07. The Labute approximate surface area is 165 Å². The molecule has 0 spiro atoms. The van der Waals surface area contributed by atoms with Gasteiger partial charge in [0.05, 0.1) is 13.2 Å². The van der Waals surface area contributed by atoms with Gasteiger partial charge in [-0.2, -0.15) is 0 Å². The summed E-state index contributed by atoms with van der Waals surface area (Å²) in [5, 5.41) is 4.18. The number of amides is 2. The van der Waals surface area contributed by atoms with Gasteiger partial charge in [0, 0.05) is 55.9 Å². The number of aromatic amines is 1. The van der Waals surface area contributed by atoms with Crippen molar-refractivity contribution in [1.29, 1.82) is 0 Å². The van der Waals surface area contributed by atoms with E-state index in [0.29, 0.717) is 18.5 Å². The molecule has 7 heteroatoms. The van der Waals surface area contributed by atoms with Gasteiger partial charge in [0.15, 0.2) is 0 Å². The molecule has 0 saturated carbocycles. The molecule has 2 N–H and O–H groups in total. The minimum absolute atomic E-state index is 0.0274. The summed E-state index contributed by atoms with van der Waals surface area (Å²) in [5.74, 6) is 0.175. The topological polar surface area (TPSA) is 60.6 Å². The molecule has 4 rings (SSSR count). The number of urea groups is 1. The van der Waals surface area contributed by atoms with Crippen LogP contribution in [0, 0.1) is 5.82 Å². The quantitative estimate of drug-likeness (QED) is 0.847. The summed E-state index contributed by atoms with van der Waals surface area (Å²) in [6.07, 6.45) is 3.85. The van der Waals surface area contributed by atoms with Crippen molar-refractivity contribution in [2.24, 2.45) is 0 Å². The lowest BCUT2D eigenvalue weighted by atomic mass is 9.89. The van der Waals surface area contributed by atoms with Crippen LogP contribution in [0.15, 0.2) is 24.4 Å². The average molecular weight is 388 g/mol. The van der Waals surface area contributed by atoms with E-state index in [1.165, 1.54) is 17.7 Å². The fourth-order valence-electron chi connectivity index (χ4n) is 4.35. The van der Waals surface area contributed by atoms with Crippen LogP contribution in [-0.4, -0.2) is 72.8 Å². The number of morpholine rings is 1. The average Bonchev–Trinajstić information content (AvgIpc) is 3.15. The van der Waals surface area contributed by atoms with Crippen LogP contribution in [0.5, 0.6) is 0 Å². The summed E-state index contributed by atoms with van der Waals surface area (Å²) in [6.45, 7) is 7.70. The second-order valence-corrected chi connectivity index (χ2v) is 7.88. The molecular weight excluding hydrogens is 359 g/mol. The van der Waals surface area contributed by atoms with Crippen molar-refractivity contribution in [1.82, 2.24) is 20.1 Å². The Bertz CT molecular complexity index is 810. The highest BCUT2D eigenvalue weighted by Gasteiger charge is 2.26. The number of carbonyl (C=O) groups excluding carboxylic acids is 1. The molecule has 152 valence electrons. The van der Waals surface area contributed by atoms with Crippen molar-refractivity contribution in [3.05, 3.63) is 35.8 Å². The molecule has 2 aliphatic heterocycles. The van der Waals surface area contributed by atoms with Gasteiger partial charge in [0.1, 0.15) is 5.82 Å². The Kier molecular flexibility index (Phi) is 5.82. The predicted octanol–water partition coefficient (Wildman–Crippen LogP) is 2.92. The minimum Gasteiger partial charge on any atom is -0.379 e. The van der Waals surface area contributed by atoms with Gasteiger partial charge in [-0.15, -0.1) is 0 Å². The second kappa shape index (κ2) is 8.49. The van der Waals surface area contributed by atoms with Crippen LogP contribution >= 0.6 is 0 Å². The summed E-state index contributed by atoms with van der Waals surface area (Å²) < 4.78 is 18.8. The molecule has 6 nitrogen and oxygen atoms in total. The Hall–Kier alpha value is -2.12. The van der Waals surface area contributed by atoms with E-state index < -0.39 is 0 Å². The number of H-pyrrole nitrogens is 1. The van der Waals surface area contributed by atoms with Gasteiger partial charge in [0.25, 0.3) is 0 Å². The fourth-order valence-corrected chi connectivity index (χ4v) is 4.35. The number of hydrogen-bond donors (Lipinski definition) is 2. The Balaban J connectivity index is 1.28. The number of piperidine rings is 1. The number of aromatic nitrogens is 1. The smallest absolute Gasteiger partial charge is 0.317 e. The molecule has 1 atom stereocenters. The molecule has 0 aliphatic carbocycles. The predicted molar refractivity (Wildman–Crippen MR) is 107 cm³/mol. The summed E-state index contributed by atoms with van der Waals surface area (Å²) >= 11 is 0. The third-order valence-corrected chi connectivity index (χ3v) is 6.12. The Morgan fingerprint density at radius 1 is 1.29 bits per heavy atom. The van der Waals surface area contributed by atoms with E-state index in [2.05, 4.69) is 22.1 Å². The third kappa shape index (κ3) is 4.15. The highest BCUT2D eigenvalue weighted by atomic mass is 19.1. The van der Waals surface area contributed by atoms with Crippen LogP contribution in [0.1, 0.15) is 31.2 Å². The van der Waals surface area contributed by atoms with Crippen LogP contribution in [0.25, 0.3) is 10.9 Å².